The Labute approximate surface area is 144 Å². The Morgan fingerprint density at radius 1 is 1.17 bits per heavy atom. The lowest BCUT2D eigenvalue weighted by molar-refractivity contribution is -0.135. The molecule has 0 aromatic heterocycles. The number of ether oxygens (including phenoxy) is 1. The predicted octanol–water partition coefficient (Wildman–Crippen LogP) is 1.05. The number of nitrogens with one attached hydrogen (secondary N) is 2. The third-order valence-electron chi connectivity index (χ3n) is 5.88. The summed E-state index contributed by atoms with van der Waals surface area (Å²) < 4.78 is 5.77. The highest BCUT2D eigenvalue weighted by Gasteiger charge is 2.40. The molecule has 2 amide bonds. The monoisotopic (exact) mass is 337 g/mol. The van der Waals surface area contributed by atoms with Gasteiger partial charge in [0, 0.05) is 32.6 Å². The van der Waals surface area contributed by atoms with Crippen LogP contribution in [0.5, 0.6) is 0 Å². The molecule has 0 aromatic rings. The topological polar surface area (TPSA) is 70.7 Å². The highest BCUT2D eigenvalue weighted by molar-refractivity contribution is 5.82. The van der Waals surface area contributed by atoms with Crippen LogP contribution in [0.3, 0.4) is 0 Å². The van der Waals surface area contributed by atoms with Gasteiger partial charge in [0.05, 0.1) is 18.8 Å². The molecule has 6 nitrogen and oxygen atoms in total. The zero-order valence-electron chi connectivity index (χ0n) is 14.8. The number of nitrogens with zero attached hydrogens (tertiary/aromatic N) is 1. The van der Waals surface area contributed by atoms with Gasteiger partial charge < -0.3 is 20.3 Å². The number of carbonyl (C=O) groups is 2. The van der Waals surface area contributed by atoms with Crippen molar-refractivity contribution in [2.24, 2.45) is 5.92 Å². The molecule has 3 fully saturated rings. The highest BCUT2D eigenvalue weighted by Crippen LogP contribution is 2.34. The van der Waals surface area contributed by atoms with Crippen LogP contribution >= 0.6 is 0 Å². The van der Waals surface area contributed by atoms with Crippen LogP contribution < -0.4 is 10.6 Å². The van der Waals surface area contributed by atoms with Gasteiger partial charge in [-0.25, -0.2) is 0 Å². The molecule has 3 atom stereocenters. The maximum absolute atomic E-state index is 12.8. The van der Waals surface area contributed by atoms with Crippen molar-refractivity contribution in [2.75, 3.05) is 26.7 Å². The number of hydrogen-bond acceptors (Lipinski definition) is 4. The van der Waals surface area contributed by atoms with Crippen LogP contribution in [0.2, 0.25) is 0 Å². The molecular formula is C18H31N3O3. The summed E-state index contributed by atoms with van der Waals surface area (Å²) in [7, 11) is 1.64. The highest BCUT2D eigenvalue weighted by atomic mass is 16.5. The molecule has 0 spiro atoms. The second-order valence-electron chi connectivity index (χ2n) is 7.42. The Kier molecular flexibility index (Phi) is 6.11. The molecule has 2 N–H and O–H groups in total. The SMILES string of the molecule is CNC(=O)CCOC1CCN(C(=O)C2CC3CCCCC3N2)CC1. The average Bonchev–Trinajstić information content (AvgIpc) is 3.05. The minimum atomic E-state index is 0.0105. The van der Waals surface area contributed by atoms with E-state index < -0.39 is 0 Å². The Balaban J connectivity index is 1.38. The van der Waals surface area contributed by atoms with Crippen molar-refractivity contribution in [1.29, 1.82) is 0 Å². The molecule has 2 heterocycles. The molecule has 2 saturated heterocycles. The molecule has 3 rings (SSSR count). The number of fused-ring (bicyclic) bond motifs is 1. The summed E-state index contributed by atoms with van der Waals surface area (Å²) in [5, 5.41) is 6.19. The van der Waals surface area contributed by atoms with Crippen molar-refractivity contribution in [3.8, 4) is 0 Å². The van der Waals surface area contributed by atoms with Crippen LogP contribution in [0.4, 0.5) is 0 Å². The lowest BCUT2D eigenvalue weighted by Crippen LogP contribution is -2.49. The van der Waals surface area contributed by atoms with Crippen LogP contribution in [0.25, 0.3) is 0 Å². The molecule has 0 bridgehead atoms. The summed E-state index contributed by atoms with van der Waals surface area (Å²) in [6.07, 6.45) is 8.49. The molecule has 3 unspecified atom stereocenters. The third kappa shape index (κ3) is 4.28. The summed E-state index contributed by atoms with van der Waals surface area (Å²) in [4.78, 5) is 26.0. The maximum atomic E-state index is 12.8. The largest absolute Gasteiger partial charge is 0.378 e. The average molecular weight is 337 g/mol. The van der Waals surface area contributed by atoms with Gasteiger partial charge in [-0.05, 0) is 38.0 Å². The summed E-state index contributed by atoms with van der Waals surface area (Å²) >= 11 is 0. The van der Waals surface area contributed by atoms with Crippen LogP contribution in [0, 0.1) is 5.92 Å². The Morgan fingerprint density at radius 2 is 1.92 bits per heavy atom. The minimum Gasteiger partial charge on any atom is -0.378 e. The van der Waals surface area contributed by atoms with Gasteiger partial charge in [-0.3, -0.25) is 9.59 Å². The summed E-state index contributed by atoms with van der Waals surface area (Å²) in [5.41, 5.74) is 0. The predicted molar refractivity (Wildman–Crippen MR) is 91.5 cm³/mol. The maximum Gasteiger partial charge on any atom is 0.239 e. The molecule has 0 aromatic carbocycles. The number of hydrogen-bond donors (Lipinski definition) is 2. The van der Waals surface area contributed by atoms with E-state index in [2.05, 4.69) is 10.6 Å². The molecule has 0 radical (unpaired) electrons. The van der Waals surface area contributed by atoms with Crippen molar-refractivity contribution in [3.05, 3.63) is 0 Å². The summed E-state index contributed by atoms with van der Waals surface area (Å²) in [5.74, 6) is 1.00. The van der Waals surface area contributed by atoms with Gasteiger partial charge in [-0.2, -0.15) is 0 Å². The first-order valence-electron chi connectivity index (χ1n) is 9.54. The standard InChI is InChI=1S/C18H31N3O3/c1-19-17(22)8-11-24-14-6-9-21(10-7-14)18(23)16-12-13-4-2-3-5-15(13)20-16/h13-16,20H,2-12H2,1H3,(H,19,22). The minimum absolute atomic E-state index is 0.0105. The van der Waals surface area contributed by atoms with E-state index in [1.54, 1.807) is 7.05 Å². The van der Waals surface area contributed by atoms with E-state index in [1.807, 2.05) is 4.90 Å². The fourth-order valence-corrected chi connectivity index (χ4v) is 4.42. The van der Waals surface area contributed by atoms with Crippen LogP contribution in [0.15, 0.2) is 0 Å². The first kappa shape index (κ1) is 17.7. The van der Waals surface area contributed by atoms with E-state index in [0.717, 1.165) is 32.4 Å². The Bertz CT molecular complexity index is 435. The normalized spacial score (nSPS) is 30.9. The van der Waals surface area contributed by atoms with Gasteiger partial charge in [0.1, 0.15) is 0 Å². The molecule has 1 saturated carbocycles. The van der Waals surface area contributed by atoms with E-state index in [4.69, 9.17) is 4.74 Å². The van der Waals surface area contributed by atoms with Crippen molar-refractivity contribution < 1.29 is 14.3 Å². The first-order chi connectivity index (χ1) is 11.7. The Hall–Kier alpha value is -1.14. The number of likely N-dealkylation sites (tertiary alicyclic amines) is 1. The van der Waals surface area contributed by atoms with Crippen molar-refractivity contribution in [3.63, 3.8) is 0 Å². The van der Waals surface area contributed by atoms with Gasteiger partial charge in [0.2, 0.25) is 11.8 Å². The Morgan fingerprint density at radius 3 is 2.62 bits per heavy atom. The molecule has 6 heteroatoms. The van der Waals surface area contributed by atoms with E-state index in [1.165, 1.54) is 25.7 Å². The van der Waals surface area contributed by atoms with Crippen LogP contribution in [0.1, 0.15) is 51.4 Å². The summed E-state index contributed by atoms with van der Waals surface area (Å²) in [6, 6.07) is 0.599. The quantitative estimate of drug-likeness (QED) is 0.787. The molecular weight excluding hydrogens is 306 g/mol. The zero-order valence-corrected chi connectivity index (χ0v) is 14.8. The molecule has 1 aliphatic carbocycles. The second-order valence-corrected chi connectivity index (χ2v) is 7.42. The van der Waals surface area contributed by atoms with Crippen molar-refractivity contribution >= 4 is 11.8 Å². The summed E-state index contributed by atoms with van der Waals surface area (Å²) in [6.45, 7) is 2.01. The fraction of sp³-hybridized carbons (Fsp3) is 0.889. The molecule has 2 aliphatic heterocycles. The number of carbonyl (C=O) groups excluding carboxylic acids is 2. The van der Waals surface area contributed by atoms with E-state index in [9.17, 15) is 9.59 Å². The van der Waals surface area contributed by atoms with Gasteiger partial charge >= 0.3 is 0 Å². The van der Waals surface area contributed by atoms with E-state index in [0.29, 0.717) is 25.0 Å². The van der Waals surface area contributed by atoms with Gasteiger partial charge in [-0.1, -0.05) is 12.8 Å². The second kappa shape index (κ2) is 8.30. The fourth-order valence-electron chi connectivity index (χ4n) is 4.42. The lowest BCUT2D eigenvalue weighted by Gasteiger charge is -2.33. The lowest BCUT2D eigenvalue weighted by atomic mass is 9.85. The van der Waals surface area contributed by atoms with Crippen LogP contribution in [-0.4, -0.2) is 61.6 Å². The van der Waals surface area contributed by atoms with Crippen LogP contribution in [-0.2, 0) is 14.3 Å². The molecule has 136 valence electrons. The van der Waals surface area contributed by atoms with Crippen molar-refractivity contribution in [2.45, 2.75) is 69.6 Å². The first-order valence-corrected chi connectivity index (χ1v) is 9.54. The smallest absolute Gasteiger partial charge is 0.239 e. The third-order valence-corrected chi connectivity index (χ3v) is 5.88. The molecule has 24 heavy (non-hydrogen) atoms. The number of rotatable bonds is 5. The number of amides is 2. The van der Waals surface area contributed by atoms with E-state index >= 15 is 0 Å². The van der Waals surface area contributed by atoms with Crippen molar-refractivity contribution in [1.82, 2.24) is 15.5 Å². The molecule has 3 aliphatic rings. The van der Waals surface area contributed by atoms with Gasteiger partial charge in [0.15, 0.2) is 0 Å². The van der Waals surface area contributed by atoms with Gasteiger partial charge in [-0.15, -0.1) is 0 Å². The van der Waals surface area contributed by atoms with Gasteiger partial charge in [0.25, 0.3) is 0 Å². The van der Waals surface area contributed by atoms with E-state index in [-0.39, 0.29) is 24.0 Å². The number of piperidine rings is 1. The zero-order chi connectivity index (χ0) is 16.9.